The van der Waals surface area contributed by atoms with Crippen molar-refractivity contribution in [1.82, 2.24) is 10.2 Å². The number of amides is 1. The van der Waals surface area contributed by atoms with Gasteiger partial charge in [0.15, 0.2) is 0 Å². The third kappa shape index (κ3) is 3.61. The fourth-order valence-corrected chi connectivity index (χ4v) is 2.90. The van der Waals surface area contributed by atoms with Crippen LogP contribution in [-0.4, -0.2) is 37.0 Å². The molecule has 0 aromatic heterocycles. The number of hydrogen-bond acceptors (Lipinski definition) is 2. The van der Waals surface area contributed by atoms with Crippen molar-refractivity contribution in [2.24, 2.45) is 17.3 Å². The molecule has 2 aliphatic heterocycles. The third-order valence-electron chi connectivity index (χ3n) is 4.40. The average molecular weight is 275 g/mol. The molecule has 2 rings (SSSR count). The summed E-state index contributed by atoms with van der Waals surface area (Å²) < 4.78 is 0. The summed E-state index contributed by atoms with van der Waals surface area (Å²) in [6.07, 6.45) is 3.62. The molecule has 3 nitrogen and oxygen atoms in total. The van der Waals surface area contributed by atoms with Gasteiger partial charge in [0.05, 0.1) is 5.92 Å². The normalized spacial score (nSPS) is 25.9. The van der Waals surface area contributed by atoms with E-state index in [1.54, 1.807) is 0 Å². The highest BCUT2D eigenvalue weighted by Gasteiger charge is 2.32. The van der Waals surface area contributed by atoms with Crippen LogP contribution in [0.25, 0.3) is 0 Å². The summed E-state index contributed by atoms with van der Waals surface area (Å²) in [4.78, 5) is 14.3. The summed E-state index contributed by atoms with van der Waals surface area (Å²) in [5.41, 5.74) is 0.386. The molecule has 0 saturated carbocycles. The molecule has 0 aromatic carbocycles. The summed E-state index contributed by atoms with van der Waals surface area (Å²) in [6, 6.07) is 0. The molecule has 1 unspecified atom stereocenters. The van der Waals surface area contributed by atoms with E-state index < -0.39 is 0 Å². The Kier molecular flexibility index (Phi) is 5.47. The average Bonchev–Trinajstić information content (AvgIpc) is 2.38. The Hall–Kier alpha value is -0.280. The summed E-state index contributed by atoms with van der Waals surface area (Å²) in [5.74, 6) is 1.42. The minimum absolute atomic E-state index is 0. The maximum absolute atomic E-state index is 12.2. The Morgan fingerprint density at radius 1 is 1.17 bits per heavy atom. The first-order valence-corrected chi connectivity index (χ1v) is 6.98. The zero-order valence-corrected chi connectivity index (χ0v) is 12.7. The van der Waals surface area contributed by atoms with Crippen LogP contribution in [0.5, 0.6) is 0 Å². The standard InChI is InChI=1S/C14H26N2O.ClH/c1-14(2,3)12-5-4-7-16(8-6-12)13(17)11-9-15-10-11;/h11-12,15H,4-10H2,1-3H3;1H. The fraction of sp³-hybridized carbons (Fsp3) is 0.929. The quantitative estimate of drug-likeness (QED) is 0.796. The van der Waals surface area contributed by atoms with Crippen molar-refractivity contribution in [1.29, 1.82) is 0 Å². The number of halogens is 1. The second-order valence-electron chi connectivity index (χ2n) is 6.67. The predicted molar refractivity (Wildman–Crippen MR) is 77.0 cm³/mol. The first-order valence-electron chi connectivity index (χ1n) is 6.98. The SMILES string of the molecule is CC(C)(C)C1CCCN(C(=O)C2CNC2)CC1.Cl. The molecule has 0 bridgehead atoms. The van der Waals surface area contributed by atoms with Crippen LogP contribution in [-0.2, 0) is 4.79 Å². The monoisotopic (exact) mass is 274 g/mol. The lowest BCUT2D eigenvalue weighted by Gasteiger charge is -2.32. The second-order valence-corrected chi connectivity index (χ2v) is 6.67. The zero-order chi connectivity index (χ0) is 12.5. The van der Waals surface area contributed by atoms with Gasteiger partial charge in [-0.3, -0.25) is 4.79 Å². The molecule has 18 heavy (non-hydrogen) atoms. The second kappa shape index (κ2) is 6.25. The Bertz CT molecular complexity index is 284. The Morgan fingerprint density at radius 2 is 1.83 bits per heavy atom. The number of carbonyl (C=O) groups is 1. The Labute approximate surface area is 117 Å². The highest BCUT2D eigenvalue weighted by Crippen LogP contribution is 2.34. The number of rotatable bonds is 1. The van der Waals surface area contributed by atoms with Gasteiger partial charge in [0.1, 0.15) is 0 Å². The predicted octanol–water partition coefficient (Wildman–Crippen LogP) is 2.30. The van der Waals surface area contributed by atoms with Crippen LogP contribution in [0.15, 0.2) is 0 Å². The van der Waals surface area contributed by atoms with E-state index in [1.165, 1.54) is 19.3 Å². The van der Waals surface area contributed by atoms with Gasteiger partial charge >= 0.3 is 0 Å². The van der Waals surface area contributed by atoms with Crippen LogP contribution in [0.2, 0.25) is 0 Å². The van der Waals surface area contributed by atoms with Gasteiger partial charge in [-0.2, -0.15) is 0 Å². The van der Waals surface area contributed by atoms with Crippen LogP contribution in [0, 0.1) is 17.3 Å². The summed E-state index contributed by atoms with van der Waals surface area (Å²) in [7, 11) is 0. The third-order valence-corrected chi connectivity index (χ3v) is 4.40. The minimum atomic E-state index is 0. The highest BCUT2D eigenvalue weighted by molar-refractivity contribution is 5.85. The molecule has 2 heterocycles. The van der Waals surface area contributed by atoms with E-state index in [1.807, 2.05) is 0 Å². The number of nitrogens with one attached hydrogen (secondary N) is 1. The first kappa shape index (κ1) is 15.8. The number of nitrogens with zero attached hydrogens (tertiary/aromatic N) is 1. The van der Waals surface area contributed by atoms with Gasteiger partial charge in [-0.05, 0) is 30.6 Å². The lowest BCUT2D eigenvalue weighted by Crippen LogP contribution is -2.52. The van der Waals surface area contributed by atoms with E-state index in [2.05, 4.69) is 31.0 Å². The van der Waals surface area contributed by atoms with Gasteiger partial charge in [-0.15, -0.1) is 12.4 Å². The van der Waals surface area contributed by atoms with Crippen molar-refractivity contribution in [3.8, 4) is 0 Å². The molecule has 4 heteroatoms. The minimum Gasteiger partial charge on any atom is -0.342 e. The van der Waals surface area contributed by atoms with E-state index in [-0.39, 0.29) is 18.3 Å². The van der Waals surface area contributed by atoms with E-state index in [9.17, 15) is 4.79 Å². The van der Waals surface area contributed by atoms with Crippen LogP contribution >= 0.6 is 12.4 Å². The number of hydrogen-bond donors (Lipinski definition) is 1. The molecular formula is C14H27ClN2O. The van der Waals surface area contributed by atoms with Crippen molar-refractivity contribution >= 4 is 18.3 Å². The van der Waals surface area contributed by atoms with Gasteiger partial charge in [0.2, 0.25) is 5.91 Å². The highest BCUT2D eigenvalue weighted by atomic mass is 35.5. The summed E-state index contributed by atoms with van der Waals surface area (Å²) in [5, 5.41) is 3.18. The van der Waals surface area contributed by atoms with Crippen molar-refractivity contribution in [3.05, 3.63) is 0 Å². The van der Waals surface area contributed by atoms with E-state index in [0.29, 0.717) is 11.3 Å². The molecule has 2 aliphatic rings. The number of likely N-dealkylation sites (tertiary alicyclic amines) is 1. The van der Waals surface area contributed by atoms with Gasteiger partial charge in [-0.1, -0.05) is 20.8 Å². The Morgan fingerprint density at radius 3 is 2.33 bits per heavy atom. The molecule has 0 spiro atoms. The fourth-order valence-electron chi connectivity index (χ4n) is 2.90. The van der Waals surface area contributed by atoms with Crippen molar-refractivity contribution in [2.45, 2.75) is 40.0 Å². The van der Waals surface area contributed by atoms with Gasteiger partial charge in [-0.25, -0.2) is 0 Å². The largest absolute Gasteiger partial charge is 0.342 e. The van der Waals surface area contributed by atoms with Crippen LogP contribution < -0.4 is 5.32 Å². The van der Waals surface area contributed by atoms with E-state index in [0.717, 1.165) is 32.1 Å². The molecule has 0 aromatic rings. The smallest absolute Gasteiger partial charge is 0.228 e. The molecule has 2 saturated heterocycles. The van der Waals surface area contributed by atoms with Crippen molar-refractivity contribution in [2.75, 3.05) is 26.2 Å². The van der Waals surface area contributed by atoms with Gasteiger partial charge in [0, 0.05) is 26.2 Å². The van der Waals surface area contributed by atoms with E-state index in [4.69, 9.17) is 0 Å². The van der Waals surface area contributed by atoms with Crippen molar-refractivity contribution < 1.29 is 4.79 Å². The first-order chi connectivity index (χ1) is 7.98. The molecule has 106 valence electrons. The van der Waals surface area contributed by atoms with Gasteiger partial charge < -0.3 is 10.2 Å². The van der Waals surface area contributed by atoms with Crippen LogP contribution in [0.4, 0.5) is 0 Å². The molecule has 1 atom stereocenters. The summed E-state index contributed by atoms with van der Waals surface area (Å²) >= 11 is 0. The lowest BCUT2D eigenvalue weighted by molar-refractivity contribution is -0.137. The lowest BCUT2D eigenvalue weighted by atomic mass is 9.77. The van der Waals surface area contributed by atoms with Crippen LogP contribution in [0.1, 0.15) is 40.0 Å². The van der Waals surface area contributed by atoms with Crippen LogP contribution in [0.3, 0.4) is 0 Å². The maximum Gasteiger partial charge on any atom is 0.228 e. The zero-order valence-electron chi connectivity index (χ0n) is 11.9. The maximum atomic E-state index is 12.2. The summed E-state index contributed by atoms with van der Waals surface area (Å²) in [6.45, 7) is 10.7. The molecule has 1 N–H and O–H groups in total. The van der Waals surface area contributed by atoms with Gasteiger partial charge in [0.25, 0.3) is 0 Å². The van der Waals surface area contributed by atoms with E-state index >= 15 is 0 Å². The molecule has 2 fully saturated rings. The molecule has 1 amide bonds. The molecule has 0 radical (unpaired) electrons. The molecule has 0 aliphatic carbocycles. The molecular weight excluding hydrogens is 248 g/mol. The topological polar surface area (TPSA) is 32.3 Å². The Balaban J connectivity index is 0.00000162. The number of carbonyl (C=O) groups excluding carboxylic acids is 1. The van der Waals surface area contributed by atoms with Crippen molar-refractivity contribution in [3.63, 3.8) is 0 Å².